The lowest BCUT2D eigenvalue weighted by atomic mass is 9.76. The summed E-state index contributed by atoms with van der Waals surface area (Å²) in [6.45, 7) is 6.34. The molecular formula is C23H30FN5. The SMILES string of the molecule is Cc1cc(F)ccc1N1CCC(N2CCCC3(CCc4cnc(N)nc43)C2)CC1. The highest BCUT2D eigenvalue weighted by atomic mass is 19.1. The second-order valence-electron chi connectivity index (χ2n) is 9.11. The van der Waals surface area contributed by atoms with Crippen LogP contribution in [0.3, 0.4) is 0 Å². The minimum absolute atomic E-state index is 0.152. The van der Waals surface area contributed by atoms with E-state index in [4.69, 9.17) is 5.73 Å². The van der Waals surface area contributed by atoms with Crippen molar-refractivity contribution in [2.45, 2.75) is 56.9 Å². The second-order valence-corrected chi connectivity index (χ2v) is 9.11. The van der Waals surface area contributed by atoms with Gasteiger partial charge in [-0.2, -0.15) is 0 Å². The van der Waals surface area contributed by atoms with Gasteiger partial charge in [-0.05, 0) is 81.3 Å². The third kappa shape index (κ3) is 3.37. The molecule has 2 aromatic rings. The molecule has 154 valence electrons. The van der Waals surface area contributed by atoms with Crippen LogP contribution in [0.5, 0.6) is 0 Å². The number of piperidine rings is 2. The number of hydrogen-bond donors (Lipinski definition) is 1. The lowest BCUT2D eigenvalue weighted by molar-refractivity contribution is 0.0861. The number of likely N-dealkylation sites (tertiary alicyclic amines) is 1. The van der Waals surface area contributed by atoms with Crippen molar-refractivity contribution in [1.29, 1.82) is 0 Å². The first kappa shape index (κ1) is 18.8. The fraction of sp³-hybridized carbons (Fsp3) is 0.565. The zero-order valence-corrected chi connectivity index (χ0v) is 17.2. The summed E-state index contributed by atoms with van der Waals surface area (Å²) in [5.74, 6) is 0.256. The van der Waals surface area contributed by atoms with Gasteiger partial charge in [0.1, 0.15) is 5.82 Å². The second kappa shape index (κ2) is 7.24. The Bertz CT molecular complexity index is 904. The predicted molar refractivity (Wildman–Crippen MR) is 114 cm³/mol. The number of nitrogens with two attached hydrogens (primary N) is 1. The third-order valence-corrected chi connectivity index (χ3v) is 7.35. The van der Waals surface area contributed by atoms with Gasteiger partial charge in [0.25, 0.3) is 0 Å². The Morgan fingerprint density at radius 3 is 2.79 bits per heavy atom. The van der Waals surface area contributed by atoms with Crippen molar-refractivity contribution >= 4 is 11.6 Å². The number of fused-ring (bicyclic) bond motifs is 2. The molecule has 2 N–H and O–H groups in total. The minimum Gasteiger partial charge on any atom is -0.371 e. The Kier molecular flexibility index (Phi) is 4.69. The maximum Gasteiger partial charge on any atom is 0.220 e. The summed E-state index contributed by atoms with van der Waals surface area (Å²) in [5.41, 5.74) is 10.8. The molecule has 5 nitrogen and oxygen atoms in total. The molecule has 2 fully saturated rings. The van der Waals surface area contributed by atoms with Gasteiger partial charge in [0.15, 0.2) is 0 Å². The molecule has 1 aliphatic carbocycles. The molecule has 29 heavy (non-hydrogen) atoms. The molecule has 1 atom stereocenters. The van der Waals surface area contributed by atoms with Crippen LogP contribution in [0.4, 0.5) is 16.0 Å². The van der Waals surface area contributed by atoms with Crippen molar-refractivity contribution in [3.05, 3.63) is 47.0 Å². The van der Waals surface area contributed by atoms with Crippen LogP contribution in [0.1, 0.15) is 48.9 Å². The fourth-order valence-corrected chi connectivity index (χ4v) is 5.88. The molecule has 2 aliphatic heterocycles. The van der Waals surface area contributed by atoms with Crippen LogP contribution in [0, 0.1) is 12.7 Å². The molecule has 1 spiro atoms. The van der Waals surface area contributed by atoms with Gasteiger partial charge in [0.2, 0.25) is 5.95 Å². The number of benzene rings is 1. The van der Waals surface area contributed by atoms with Crippen molar-refractivity contribution in [1.82, 2.24) is 14.9 Å². The summed E-state index contributed by atoms with van der Waals surface area (Å²) in [4.78, 5) is 14.0. The van der Waals surface area contributed by atoms with E-state index in [0.717, 1.165) is 44.5 Å². The third-order valence-electron chi connectivity index (χ3n) is 7.35. The number of aryl methyl sites for hydroxylation is 2. The van der Waals surface area contributed by atoms with E-state index in [1.54, 1.807) is 12.1 Å². The van der Waals surface area contributed by atoms with Gasteiger partial charge in [-0.25, -0.2) is 14.4 Å². The zero-order chi connectivity index (χ0) is 20.0. The van der Waals surface area contributed by atoms with Gasteiger partial charge in [-0.15, -0.1) is 0 Å². The van der Waals surface area contributed by atoms with Gasteiger partial charge >= 0.3 is 0 Å². The summed E-state index contributed by atoms with van der Waals surface area (Å²) >= 11 is 0. The molecule has 0 amide bonds. The number of nitrogen functional groups attached to an aromatic ring is 1. The largest absolute Gasteiger partial charge is 0.371 e. The Labute approximate surface area is 172 Å². The first-order valence-corrected chi connectivity index (χ1v) is 10.9. The van der Waals surface area contributed by atoms with E-state index in [0.29, 0.717) is 12.0 Å². The predicted octanol–water partition coefficient (Wildman–Crippen LogP) is 3.46. The van der Waals surface area contributed by atoms with Crippen molar-refractivity contribution in [3.8, 4) is 0 Å². The Morgan fingerprint density at radius 2 is 2.00 bits per heavy atom. The maximum absolute atomic E-state index is 13.5. The van der Waals surface area contributed by atoms with E-state index in [-0.39, 0.29) is 11.2 Å². The number of aromatic nitrogens is 2. The highest BCUT2D eigenvalue weighted by Gasteiger charge is 2.45. The summed E-state index contributed by atoms with van der Waals surface area (Å²) < 4.78 is 13.5. The summed E-state index contributed by atoms with van der Waals surface area (Å²) in [7, 11) is 0. The van der Waals surface area contributed by atoms with Crippen molar-refractivity contribution < 1.29 is 4.39 Å². The van der Waals surface area contributed by atoms with Gasteiger partial charge in [0, 0.05) is 43.0 Å². The first-order valence-electron chi connectivity index (χ1n) is 10.9. The van der Waals surface area contributed by atoms with E-state index >= 15 is 0 Å². The lowest BCUT2D eigenvalue weighted by Gasteiger charge is -2.46. The minimum atomic E-state index is -0.152. The molecule has 5 rings (SSSR count). The zero-order valence-electron chi connectivity index (χ0n) is 17.2. The normalized spacial score (nSPS) is 25.5. The van der Waals surface area contributed by atoms with Crippen LogP contribution in [-0.2, 0) is 11.8 Å². The monoisotopic (exact) mass is 395 g/mol. The van der Waals surface area contributed by atoms with E-state index in [1.165, 1.54) is 42.8 Å². The molecule has 3 heterocycles. The number of anilines is 2. The average molecular weight is 396 g/mol. The van der Waals surface area contributed by atoms with Gasteiger partial charge in [-0.3, -0.25) is 4.90 Å². The first-order chi connectivity index (χ1) is 14.0. The van der Waals surface area contributed by atoms with Crippen LogP contribution < -0.4 is 10.6 Å². The Balaban J connectivity index is 1.28. The summed E-state index contributed by atoms with van der Waals surface area (Å²) in [6.07, 6.45) is 8.93. The molecule has 1 unspecified atom stereocenters. The van der Waals surface area contributed by atoms with Gasteiger partial charge < -0.3 is 10.6 Å². The molecule has 0 saturated carbocycles. The van der Waals surface area contributed by atoms with Crippen LogP contribution in [0.15, 0.2) is 24.4 Å². The van der Waals surface area contributed by atoms with E-state index in [9.17, 15) is 4.39 Å². The standard InChI is InChI=1S/C23H30FN5/c1-16-13-18(24)3-4-20(16)28-11-6-19(7-12-28)29-10-2-8-23(15-29)9-5-17-14-26-22(25)27-21(17)23/h3-4,13-14,19H,2,5-12,15H2,1H3,(H2,25,26,27). The van der Waals surface area contributed by atoms with Crippen LogP contribution >= 0.6 is 0 Å². The Hall–Kier alpha value is -2.21. The molecule has 0 bridgehead atoms. The number of halogens is 1. The topological polar surface area (TPSA) is 58.3 Å². The van der Waals surface area contributed by atoms with E-state index in [1.807, 2.05) is 19.2 Å². The molecular weight excluding hydrogens is 365 g/mol. The molecule has 1 aromatic heterocycles. The lowest BCUT2D eigenvalue weighted by Crippen LogP contribution is -2.52. The van der Waals surface area contributed by atoms with Crippen molar-refractivity contribution in [2.24, 2.45) is 0 Å². The van der Waals surface area contributed by atoms with E-state index < -0.39 is 0 Å². The summed E-state index contributed by atoms with van der Waals surface area (Å²) in [5, 5.41) is 0. The fourth-order valence-electron chi connectivity index (χ4n) is 5.88. The highest BCUT2D eigenvalue weighted by molar-refractivity contribution is 5.53. The van der Waals surface area contributed by atoms with E-state index in [2.05, 4.69) is 19.8 Å². The average Bonchev–Trinajstić information content (AvgIpc) is 3.05. The van der Waals surface area contributed by atoms with Crippen LogP contribution in [-0.4, -0.2) is 47.1 Å². The van der Waals surface area contributed by atoms with Crippen LogP contribution in [0.2, 0.25) is 0 Å². The quantitative estimate of drug-likeness (QED) is 0.844. The molecule has 0 radical (unpaired) electrons. The number of rotatable bonds is 2. The summed E-state index contributed by atoms with van der Waals surface area (Å²) in [6, 6.07) is 5.77. The van der Waals surface area contributed by atoms with Gasteiger partial charge in [0.05, 0.1) is 5.69 Å². The maximum atomic E-state index is 13.5. The number of hydrogen-bond acceptors (Lipinski definition) is 5. The molecule has 3 aliphatic rings. The van der Waals surface area contributed by atoms with Gasteiger partial charge in [-0.1, -0.05) is 0 Å². The van der Waals surface area contributed by atoms with Crippen LogP contribution in [0.25, 0.3) is 0 Å². The van der Waals surface area contributed by atoms with Crippen molar-refractivity contribution in [3.63, 3.8) is 0 Å². The molecule has 2 saturated heterocycles. The molecule has 6 heteroatoms. The Morgan fingerprint density at radius 1 is 1.17 bits per heavy atom. The molecule has 1 aromatic carbocycles. The van der Waals surface area contributed by atoms with Crippen molar-refractivity contribution in [2.75, 3.05) is 36.8 Å². The smallest absolute Gasteiger partial charge is 0.220 e. The number of nitrogens with zero attached hydrogens (tertiary/aromatic N) is 4. The highest BCUT2D eigenvalue weighted by Crippen LogP contribution is 2.45.